The molecular weight excluding hydrogens is 305 g/mol. The Bertz CT molecular complexity index is 591. The predicted octanol–water partition coefficient (Wildman–Crippen LogP) is 1.86. The highest BCUT2D eigenvalue weighted by Gasteiger charge is 2.16. The monoisotopic (exact) mass is 315 g/mol. The molecule has 1 atom stereocenters. The average molecular weight is 316 g/mol. The zero-order chi connectivity index (χ0) is 14.5. The Kier molecular flexibility index (Phi) is 4.75. The topological polar surface area (TPSA) is 95.9 Å². The third kappa shape index (κ3) is 3.82. The molecule has 0 radical (unpaired) electrons. The van der Waals surface area contributed by atoms with E-state index in [0.29, 0.717) is 16.5 Å². The van der Waals surface area contributed by atoms with Gasteiger partial charge in [0.1, 0.15) is 12.6 Å². The van der Waals surface area contributed by atoms with Crippen LogP contribution in [0.5, 0.6) is 0 Å². The maximum absolute atomic E-state index is 10.7. The Labute approximate surface area is 124 Å². The number of nitrogens with two attached hydrogens (primary N) is 1. The van der Waals surface area contributed by atoms with Crippen molar-refractivity contribution in [3.63, 3.8) is 0 Å². The molecule has 2 rings (SSSR count). The van der Waals surface area contributed by atoms with Crippen molar-refractivity contribution in [1.82, 2.24) is 20.2 Å². The lowest BCUT2D eigenvalue weighted by Crippen LogP contribution is -2.24. The van der Waals surface area contributed by atoms with Crippen LogP contribution in [0.4, 0.5) is 4.79 Å². The molecule has 9 heteroatoms. The maximum atomic E-state index is 10.7. The van der Waals surface area contributed by atoms with Crippen molar-refractivity contribution < 1.29 is 9.53 Å². The van der Waals surface area contributed by atoms with Gasteiger partial charge in [0.25, 0.3) is 0 Å². The van der Waals surface area contributed by atoms with Gasteiger partial charge >= 0.3 is 6.09 Å². The number of aromatic nitrogens is 4. The van der Waals surface area contributed by atoms with E-state index in [9.17, 15) is 4.79 Å². The summed E-state index contributed by atoms with van der Waals surface area (Å²) in [6.07, 6.45) is 0.927. The standard InChI is InChI=1S/C11H11Cl2N5O2/c12-9-2-1-7(4-10(9)13)3-8(5-20-11(14)19)18-16-6-15-17-18/h1-2,4,6,8H,3,5H2,(H2,14,19). The second-order valence-corrected chi connectivity index (χ2v) is 4.81. The van der Waals surface area contributed by atoms with E-state index in [0.717, 1.165) is 5.56 Å². The minimum atomic E-state index is -0.857. The van der Waals surface area contributed by atoms with Crippen LogP contribution in [0, 0.1) is 0 Å². The molecule has 7 nitrogen and oxygen atoms in total. The van der Waals surface area contributed by atoms with Gasteiger partial charge in [0.05, 0.1) is 10.0 Å². The molecule has 1 amide bonds. The van der Waals surface area contributed by atoms with E-state index in [1.165, 1.54) is 11.1 Å². The molecule has 0 aliphatic rings. The lowest BCUT2D eigenvalue weighted by molar-refractivity contribution is 0.130. The van der Waals surface area contributed by atoms with Crippen LogP contribution in [0.2, 0.25) is 10.0 Å². The van der Waals surface area contributed by atoms with Crippen molar-refractivity contribution in [3.8, 4) is 0 Å². The van der Waals surface area contributed by atoms with Gasteiger partial charge in [0.2, 0.25) is 0 Å². The number of amides is 1. The van der Waals surface area contributed by atoms with Crippen LogP contribution >= 0.6 is 23.2 Å². The molecule has 2 aromatic rings. The van der Waals surface area contributed by atoms with E-state index < -0.39 is 6.09 Å². The number of tetrazole rings is 1. The largest absolute Gasteiger partial charge is 0.447 e. The molecule has 0 spiro atoms. The highest BCUT2D eigenvalue weighted by molar-refractivity contribution is 6.42. The summed E-state index contributed by atoms with van der Waals surface area (Å²) in [6.45, 7) is 0.0337. The number of hydrogen-bond donors (Lipinski definition) is 1. The summed E-state index contributed by atoms with van der Waals surface area (Å²) in [7, 11) is 0. The van der Waals surface area contributed by atoms with Crippen molar-refractivity contribution in [2.75, 3.05) is 6.61 Å². The van der Waals surface area contributed by atoms with E-state index in [4.69, 9.17) is 33.7 Å². The van der Waals surface area contributed by atoms with Gasteiger partial charge in [-0.3, -0.25) is 0 Å². The molecular formula is C11H11Cl2N5O2. The molecule has 0 aliphatic carbocycles. The number of rotatable bonds is 5. The SMILES string of the molecule is NC(=O)OCC(Cc1ccc(Cl)c(Cl)c1)n1ncnn1. The van der Waals surface area contributed by atoms with E-state index >= 15 is 0 Å². The normalized spacial score (nSPS) is 12.1. The molecule has 0 saturated heterocycles. The summed E-state index contributed by atoms with van der Waals surface area (Å²) in [6, 6.07) is 4.92. The fraction of sp³-hybridized carbons (Fsp3) is 0.273. The highest BCUT2D eigenvalue weighted by Crippen LogP contribution is 2.24. The molecule has 0 bridgehead atoms. The fourth-order valence-electron chi connectivity index (χ4n) is 1.67. The maximum Gasteiger partial charge on any atom is 0.404 e. The summed E-state index contributed by atoms with van der Waals surface area (Å²) in [5.41, 5.74) is 5.86. The highest BCUT2D eigenvalue weighted by atomic mass is 35.5. The number of halogens is 2. The first-order valence-electron chi connectivity index (χ1n) is 5.65. The zero-order valence-electron chi connectivity index (χ0n) is 10.2. The number of nitrogens with zero attached hydrogens (tertiary/aromatic N) is 4. The third-order valence-corrected chi connectivity index (χ3v) is 3.30. The van der Waals surface area contributed by atoms with Crippen LogP contribution in [0.3, 0.4) is 0 Å². The van der Waals surface area contributed by atoms with Crippen molar-refractivity contribution in [2.45, 2.75) is 12.5 Å². The number of primary amides is 1. The zero-order valence-corrected chi connectivity index (χ0v) is 11.8. The van der Waals surface area contributed by atoms with Crippen LogP contribution < -0.4 is 5.73 Å². The lowest BCUT2D eigenvalue weighted by Gasteiger charge is -2.15. The van der Waals surface area contributed by atoms with Crippen molar-refractivity contribution >= 4 is 29.3 Å². The lowest BCUT2D eigenvalue weighted by atomic mass is 10.1. The summed E-state index contributed by atoms with van der Waals surface area (Å²) in [4.78, 5) is 12.1. The summed E-state index contributed by atoms with van der Waals surface area (Å²) in [5, 5.41) is 12.3. The Morgan fingerprint density at radius 3 is 2.80 bits per heavy atom. The second kappa shape index (κ2) is 6.53. The molecule has 1 aromatic carbocycles. The Morgan fingerprint density at radius 2 is 2.20 bits per heavy atom. The van der Waals surface area contributed by atoms with Crippen molar-refractivity contribution in [2.24, 2.45) is 5.73 Å². The first kappa shape index (κ1) is 14.5. The molecule has 1 aromatic heterocycles. The number of carbonyl (C=O) groups is 1. The van der Waals surface area contributed by atoms with Gasteiger partial charge in [-0.15, -0.1) is 10.2 Å². The van der Waals surface area contributed by atoms with E-state index in [-0.39, 0.29) is 12.6 Å². The van der Waals surface area contributed by atoms with Crippen LogP contribution in [-0.4, -0.2) is 32.9 Å². The molecule has 0 aliphatic heterocycles. The molecule has 20 heavy (non-hydrogen) atoms. The summed E-state index contributed by atoms with van der Waals surface area (Å²) in [5.74, 6) is 0. The van der Waals surface area contributed by atoms with Crippen LogP contribution in [-0.2, 0) is 11.2 Å². The van der Waals surface area contributed by atoms with Crippen LogP contribution in [0.15, 0.2) is 24.5 Å². The summed E-state index contributed by atoms with van der Waals surface area (Å²) >= 11 is 11.8. The Balaban J connectivity index is 2.14. The van der Waals surface area contributed by atoms with Gasteiger partial charge < -0.3 is 10.5 Å². The molecule has 0 fully saturated rings. The van der Waals surface area contributed by atoms with Gasteiger partial charge in [0, 0.05) is 6.42 Å². The number of carbonyl (C=O) groups excluding carboxylic acids is 1. The molecule has 1 unspecified atom stereocenters. The molecule has 1 heterocycles. The minimum Gasteiger partial charge on any atom is -0.447 e. The quantitative estimate of drug-likeness (QED) is 0.908. The van der Waals surface area contributed by atoms with Gasteiger partial charge in [-0.25, -0.2) is 4.79 Å². The second-order valence-electron chi connectivity index (χ2n) is 3.99. The van der Waals surface area contributed by atoms with Crippen LogP contribution in [0.1, 0.15) is 11.6 Å². The third-order valence-electron chi connectivity index (χ3n) is 2.56. The number of ether oxygens (including phenoxy) is 1. The molecule has 0 saturated carbocycles. The Morgan fingerprint density at radius 1 is 1.40 bits per heavy atom. The van der Waals surface area contributed by atoms with Crippen molar-refractivity contribution in [1.29, 1.82) is 0 Å². The minimum absolute atomic E-state index is 0.0337. The first-order chi connectivity index (χ1) is 9.56. The average Bonchev–Trinajstić information content (AvgIpc) is 2.92. The smallest absolute Gasteiger partial charge is 0.404 e. The van der Waals surface area contributed by atoms with Gasteiger partial charge in [-0.2, -0.15) is 4.80 Å². The number of hydrogen-bond acceptors (Lipinski definition) is 5. The van der Waals surface area contributed by atoms with E-state index in [2.05, 4.69) is 15.4 Å². The number of benzene rings is 1. The Hall–Kier alpha value is -1.86. The molecule has 2 N–H and O–H groups in total. The van der Waals surface area contributed by atoms with Gasteiger partial charge in [0.15, 0.2) is 6.33 Å². The van der Waals surface area contributed by atoms with E-state index in [1.54, 1.807) is 12.1 Å². The van der Waals surface area contributed by atoms with Crippen LogP contribution in [0.25, 0.3) is 0 Å². The predicted molar refractivity (Wildman–Crippen MR) is 72.6 cm³/mol. The fourth-order valence-corrected chi connectivity index (χ4v) is 1.99. The van der Waals surface area contributed by atoms with Gasteiger partial charge in [-0.1, -0.05) is 29.3 Å². The van der Waals surface area contributed by atoms with Gasteiger partial charge in [-0.05, 0) is 22.9 Å². The summed E-state index contributed by atoms with van der Waals surface area (Å²) < 4.78 is 4.81. The van der Waals surface area contributed by atoms with Crippen molar-refractivity contribution in [3.05, 3.63) is 40.1 Å². The first-order valence-corrected chi connectivity index (χ1v) is 6.40. The molecule has 106 valence electrons. The van der Waals surface area contributed by atoms with E-state index in [1.807, 2.05) is 6.07 Å².